The smallest absolute Gasteiger partial charge is 0.0443 e. The van der Waals surface area contributed by atoms with E-state index in [1.807, 2.05) is 36.5 Å². The van der Waals surface area contributed by atoms with Crippen LogP contribution in [-0.2, 0) is 0 Å². The molecule has 0 aliphatic carbocycles. The molecule has 58 valence electrons. The van der Waals surface area contributed by atoms with E-state index in [2.05, 4.69) is 18.8 Å². The van der Waals surface area contributed by atoms with Gasteiger partial charge in [-0.3, -0.25) is 4.99 Å². The average Bonchev–Trinajstić information content (AvgIpc) is 2.03. The fourth-order valence-electron chi connectivity index (χ4n) is 0.774. The van der Waals surface area contributed by atoms with Crippen LogP contribution in [0, 0.1) is 0 Å². The number of hydrogen-bond acceptors (Lipinski definition) is 1. The third-order valence-corrected chi connectivity index (χ3v) is 1.32. The van der Waals surface area contributed by atoms with Gasteiger partial charge in [0, 0.05) is 12.3 Å². The average molecular weight is 147 g/mol. The third-order valence-electron chi connectivity index (χ3n) is 1.32. The fourth-order valence-corrected chi connectivity index (χ4v) is 0.774. The molecule has 1 rings (SSSR count). The Morgan fingerprint density at radius 3 is 2.36 bits per heavy atom. The molecule has 0 saturated carbocycles. The summed E-state index contributed by atoms with van der Waals surface area (Å²) in [7, 11) is 0. The Labute approximate surface area is 67.8 Å². The zero-order valence-electron chi connectivity index (χ0n) is 6.99. The number of nitrogens with zero attached hydrogens (tertiary/aromatic N) is 1. The largest absolute Gasteiger partial charge is 0.290 e. The standard InChI is InChI=1S/C10H13N/c1-9(2)11-8-10-6-4-3-5-7-10/h3-9H,1-2H3/b11-8-. The summed E-state index contributed by atoms with van der Waals surface area (Å²) in [6.07, 6.45) is 1.91. The summed E-state index contributed by atoms with van der Waals surface area (Å²) < 4.78 is 0. The summed E-state index contributed by atoms with van der Waals surface area (Å²) in [5.74, 6) is 0. The van der Waals surface area contributed by atoms with Crippen LogP contribution >= 0.6 is 0 Å². The summed E-state index contributed by atoms with van der Waals surface area (Å²) in [5, 5.41) is 0. The van der Waals surface area contributed by atoms with Gasteiger partial charge in [0.15, 0.2) is 0 Å². The summed E-state index contributed by atoms with van der Waals surface area (Å²) in [6.45, 7) is 4.14. The molecule has 0 saturated heterocycles. The molecule has 0 radical (unpaired) electrons. The van der Waals surface area contributed by atoms with Gasteiger partial charge < -0.3 is 0 Å². The molecule has 0 N–H and O–H groups in total. The molecule has 0 fully saturated rings. The van der Waals surface area contributed by atoms with Crippen LogP contribution in [0.25, 0.3) is 0 Å². The van der Waals surface area contributed by atoms with Gasteiger partial charge in [-0.1, -0.05) is 30.3 Å². The number of aliphatic imine (C=N–C) groups is 1. The predicted molar refractivity (Wildman–Crippen MR) is 49.2 cm³/mol. The highest BCUT2D eigenvalue weighted by Crippen LogP contribution is 1.95. The van der Waals surface area contributed by atoms with Crippen molar-refractivity contribution in [3.8, 4) is 0 Å². The quantitative estimate of drug-likeness (QED) is 0.570. The SMILES string of the molecule is CC(C)/N=C\c1ccccc1. The van der Waals surface area contributed by atoms with Crippen molar-refractivity contribution in [3.05, 3.63) is 35.9 Å². The van der Waals surface area contributed by atoms with Crippen LogP contribution < -0.4 is 0 Å². The topological polar surface area (TPSA) is 12.4 Å². The summed E-state index contributed by atoms with van der Waals surface area (Å²) in [4.78, 5) is 4.27. The van der Waals surface area contributed by atoms with Crippen molar-refractivity contribution in [1.82, 2.24) is 0 Å². The lowest BCUT2D eigenvalue weighted by atomic mass is 10.2. The summed E-state index contributed by atoms with van der Waals surface area (Å²) >= 11 is 0. The molecule has 0 aliphatic heterocycles. The molecule has 1 aromatic rings. The number of benzene rings is 1. The zero-order chi connectivity index (χ0) is 8.10. The Morgan fingerprint density at radius 1 is 1.18 bits per heavy atom. The molecule has 1 heteroatoms. The van der Waals surface area contributed by atoms with Crippen LogP contribution in [0.4, 0.5) is 0 Å². The normalized spacial score (nSPS) is 11.2. The van der Waals surface area contributed by atoms with Crippen LogP contribution in [0.1, 0.15) is 19.4 Å². The predicted octanol–water partition coefficient (Wildman–Crippen LogP) is 2.51. The first-order chi connectivity index (χ1) is 5.29. The lowest BCUT2D eigenvalue weighted by Crippen LogP contribution is -1.89. The van der Waals surface area contributed by atoms with Crippen molar-refractivity contribution in [3.63, 3.8) is 0 Å². The van der Waals surface area contributed by atoms with Gasteiger partial charge in [0.1, 0.15) is 0 Å². The molecule has 0 aliphatic rings. The maximum atomic E-state index is 4.27. The molecule has 0 atom stereocenters. The molecule has 0 spiro atoms. The molecule has 1 nitrogen and oxygen atoms in total. The summed E-state index contributed by atoms with van der Waals surface area (Å²) in [5.41, 5.74) is 1.17. The highest BCUT2D eigenvalue weighted by molar-refractivity contribution is 5.79. The minimum absolute atomic E-state index is 0.384. The Hall–Kier alpha value is -1.11. The van der Waals surface area contributed by atoms with Gasteiger partial charge in [-0.05, 0) is 19.4 Å². The van der Waals surface area contributed by atoms with E-state index >= 15 is 0 Å². The van der Waals surface area contributed by atoms with Crippen molar-refractivity contribution in [2.45, 2.75) is 19.9 Å². The molecular weight excluding hydrogens is 134 g/mol. The molecule has 0 aromatic heterocycles. The lowest BCUT2D eigenvalue weighted by Gasteiger charge is -1.94. The van der Waals surface area contributed by atoms with Crippen LogP contribution in [0.15, 0.2) is 35.3 Å². The lowest BCUT2D eigenvalue weighted by molar-refractivity contribution is 0.841. The third kappa shape index (κ3) is 2.99. The van der Waals surface area contributed by atoms with E-state index < -0.39 is 0 Å². The van der Waals surface area contributed by atoms with Gasteiger partial charge in [0.2, 0.25) is 0 Å². The van der Waals surface area contributed by atoms with Crippen LogP contribution in [0.3, 0.4) is 0 Å². The van der Waals surface area contributed by atoms with Crippen molar-refractivity contribution < 1.29 is 0 Å². The Bertz CT molecular complexity index is 224. The van der Waals surface area contributed by atoms with Crippen LogP contribution in [0.5, 0.6) is 0 Å². The molecule has 11 heavy (non-hydrogen) atoms. The van der Waals surface area contributed by atoms with E-state index in [4.69, 9.17) is 0 Å². The second-order valence-electron chi connectivity index (χ2n) is 2.78. The summed E-state index contributed by atoms with van der Waals surface area (Å²) in [6, 6.07) is 10.5. The Balaban J connectivity index is 2.65. The minimum atomic E-state index is 0.384. The maximum Gasteiger partial charge on any atom is 0.0443 e. The van der Waals surface area contributed by atoms with Crippen molar-refractivity contribution in [2.75, 3.05) is 0 Å². The molecule has 0 heterocycles. The second-order valence-corrected chi connectivity index (χ2v) is 2.78. The van der Waals surface area contributed by atoms with Crippen molar-refractivity contribution in [1.29, 1.82) is 0 Å². The highest BCUT2D eigenvalue weighted by Gasteiger charge is 1.85. The van der Waals surface area contributed by atoms with Gasteiger partial charge in [-0.25, -0.2) is 0 Å². The molecule has 0 unspecified atom stereocenters. The molecule has 1 aromatic carbocycles. The van der Waals surface area contributed by atoms with Gasteiger partial charge >= 0.3 is 0 Å². The first-order valence-corrected chi connectivity index (χ1v) is 3.87. The molecular formula is C10H13N. The van der Waals surface area contributed by atoms with Crippen LogP contribution in [-0.4, -0.2) is 12.3 Å². The number of hydrogen-bond donors (Lipinski definition) is 0. The van der Waals surface area contributed by atoms with Gasteiger partial charge in [-0.15, -0.1) is 0 Å². The van der Waals surface area contributed by atoms with E-state index in [0.29, 0.717) is 6.04 Å². The molecule has 0 bridgehead atoms. The van der Waals surface area contributed by atoms with E-state index in [1.54, 1.807) is 0 Å². The first-order valence-electron chi connectivity index (χ1n) is 3.87. The van der Waals surface area contributed by atoms with Crippen molar-refractivity contribution >= 4 is 6.21 Å². The van der Waals surface area contributed by atoms with Crippen molar-refractivity contribution in [2.24, 2.45) is 4.99 Å². The Kier molecular flexibility index (Phi) is 2.84. The Morgan fingerprint density at radius 2 is 1.82 bits per heavy atom. The minimum Gasteiger partial charge on any atom is -0.290 e. The van der Waals surface area contributed by atoms with E-state index in [-0.39, 0.29) is 0 Å². The number of rotatable bonds is 2. The van der Waals surface area contributed by atoms with Gasteiger partial charge in [0.05, 0.1) is 0 Å². The monoisotopic (exact) mass is 147 g/mol. The van der Waals surface area contributed by atoms with Gasteiger partial charge in [-0.2, -0.15) is 0 Å². The van der Waals surface area contributed by atoms with E-state index in [1.165, 1.54) is 5.56 Å². The zero-order valence-corrected chi connectivity index (χ0v) is 6.99. The van der Waals surface area contributed by atoms with Crippen LogP contribution in [0.2, 0.25) is 0 Å². The van der Waals surface area contributed by atoms with E-state index in [9.17, 15) is 0 Å². The first kappa shape index (κ1) is 7.99. The van der Waals surface area contributed by atoms with Gasteiger partial charge in [0.25, 0.3) is 0 Å². The highest BCUT2D eigenvalue weighted by atomic mass is 14.7. The van der Waals surface area contributed by atoms with E-state index in [0.717, 1.165) is 0 Å². The molecule has 0 amide bonds. The second kappa shape index (κ2) is 3.91. The fraction of sp³-hybridized carbons (Fsp3) is 0.300. The maximum absolute atomic E-state index is 4.27.